The molecule has 35 heavy (non-hydrogen) atoms. The molecule has 1 aromatic heterocycles. The molecule has 1 saturated heterocycles. The normalized spacial score (nSPS) is 15.1. The lowest BCUT2D eigenvalue weighted by Gasteiger charge is -2.35. The Hall–Kier alpha value is -2.83. The van der Waals surface area contributed by atoms with E-state index in [0.29, 0.717) is 25.0 Å². The third-order valence-electron chi connectivity index (χ3n) is 6.71. The maximum Gasteiger partial charge on any atom is 0.224 e. The van der Waals surface area contributed by atoms with E-state index in [0.717, 1.165) is 55.6 Å². The number of nitrogens with one attached hydrogen (secondary N) is 2. The largest absolute Gasteiger partial charge is 0.496 e. The molecule has 0 spiro atoms. The van der Waals surface area contributed by atoms with Gasteiger partial charge < -0.3 is 20.3 Å². The molecule has 4 rings (SSSR count). The fourth-order valence-electron chi connectivity index (χ4n) is 4.85. The lowest BCUT2D eigenvalue weighted by Crippen LogP contribution is -2.46. The maximum absolute atomic E-state index is 12.4. The first-order valence-corrected chi connectivity index (χ1v) is 13.5. The second kappa shape index (κ2) is 12.8. The molecule has 0 saturated carbocycles. The lowest BCUT2D eigenvalue weighted by molar-refractivity contribution is -0.120. The molecular weight excluding hydrogens is 454 g/mol. The molecule has 1 unspecified atom stereocenters. The van der Waals surface area contributed by atoms with Gasteiger partial charge in [-0.25, -0.2) is 0 Å². The zero-order chi connectivity index (χ0) is 24.5. The third kappa shape index (κ3) is 7.58. The predicted octanol–water partition coefficient (Wildman–Crippen LogP) is 4.85. The van der Waals surface area contributed by atoms with Crippen molar-refractivity contribution in [2.75, 3.05) is 31.6 Å². The van der Waals surface area contributed by atoms with E-state index in [4.69, 9.17) is 4.74 Å². The Morgan fingerprint density at radius 3 is 2.57 bits per heavy atom. The van der Waals surface area contributed by atoms with E-state index in [1.807, 2.05) is 24.3 Å². The van der Waals surface area contributed by atoms with E-state index in [-0.39, 0.29) is 5.91 Å². The first-order chi connectivity index (χ1) is 17.1. The molecule has 6 heteroatoms. The summed E-state index contributed by atoms with van der Waals surface area (Å²) in [7, 11) is 1.67. The fraction of sp³-hybridized carbons (Fsp3) is 0.414. The molecule has 1 aliphatic rings. The molecule has 186 valence electrons. The first kappa shape index (κ1) is 25.3. The molecule has 1 fully saturated rings. The van der Waals surface area contributed by atoms with Crippen LogP contribution in [0.5, 0.6) is 5.75 Å². The second-order valence-electron chi connectivity index (χ2n) is 9.42. The Kier molecular flexibility index (Phi) is 9.21. The fourth-order valence-corrected chi connectivity index (χ4v) is 5.53. The van der Waals surface area contributed by atoms with Gasteiger partial charge in [0.1, 0.15) is 5.75 Å². The van der Waals surface area contributed by atoms with Crippen molar-refractivity contribution in [2.45, 2.75) is 51.1 Å². The Morgan fingerprint density at radius 2 is 1.86 bits per heavy atom. The van der Waals surface area contributed by atoms with E-state index < -0.39 is 0 Å². The topological polar surface area (TPSA) is 53.6 Å². The van der Waals surface area contributed by atoms with Crippen LogP contribution in [-0.2, 0) is 24.1 Å². The van der Waals surface area contributed by atoms with Gasteiger partial charge in [0.15, 0.2) is 0 Å². The van der Waals surface area contributed by atoms with E-state index >= 15 is 0 Å². The van der Waals surface area contributed by atoms with Gasteiger partial charge >= 0.3 is 0 Å². The third-order valence-corrected chi connectivity index (χ3v) is 7.44. The standard InChI is InChI=1S/C29H37N3O2S/c1-22(19-24-14-18-35-21-24)31-26-12-16-32(17-13-26)27-9-7-23(8-10-27)20-29(33)30-15-11-25-5-3-4-6-28(25)34-2/h3-10,14,18,21-22,26,31H,11-13,15-17,19-20H2,1-2H3,(H,30,33). The van der Waals surface area contributed by atoms with E-state index in [1.54, 1.807) is 18.4 Å². The van der Waals surface area contributed by atoms with Gasteiger partial charge in [0.2, 0.25) is 5.91 Å². The lowest BCUT2D eigenvalue weighted by atomic mass is 10.0. The van der Waals surface area contributed by atoms with Crippen LogP contribution in [-0.4, -0.2) is 44.7 Å². The summed E-state index contributed by atoms with van der Waals surface area (Å²) in [5.41, 5.74) is 4.82. The van der Waals surface area contributed by atoms with Crippen molar-refractivity contribution in [2.24, 2.45) is 0 Å². The molecule has 1 atom stereocenters. The van der Waals surface area contributed by atoms with Crippen LogP contribution >= 0.6 is 11.3 Å². The summed E-state index contributed by atoms with van der Waals surface area (Å²) in [4.78, 5) is 14.9. The summed E-state index contributed by atoms with van der Waals surface area (Å²) < 4.78 is 5.38. The number of amides is 1. The number of hydrogen-bond acceptors (Lipinski definition) is 5. The number of piperidine rings is 1. The van der Waals surface area contributed by atoms with Gasteiger partial charge in [-0.05, 0) is 84.3 Å². The van der Waals surface area contributed by atoms with Gasteiger partial charge in [-0.1, -0.05) is 30.3 Å². The summed E-state index contributed by atoms with van der Waals surface area (Å²) in [6, 6.07) is 19.7. The minimum atomic E-state index is 0.0520. The highest BCUT2D eigenvalue weighted by atomic mass is 32.1. The van der Waals surface area contributed by atoms with Gasteiger partial charge in [-0.15, -0.1) is 0 Å². The summed E-state index contributed by atoms with van der Waals surface area (Å²) in [5, 5.41) is 11.3. The number of rotatable bonds is 11. The number of anilines is 1. The summed E-state index contributed by atoms with van der Waals surface area (Å²) in [6.07, 6.45) is 4.57. The van der Waals surface area contributed by atoms with Crippen molar-refractivity contribution in [1.29, 1.82) is 0 Å². The van der Waals surface area contributed by atoms with Crippen LogP contribution in [0.4, 0.5) is 5.69 Å². The second-order valence-corrected chi connectivity index (χ2v) is 10.2. The van der Waals surface area contributed by atoms with Crippen LogP contribution in [0.3, 0.4) is 0 Å². The minimum Gasteiger partial charge on any atom is -0.496 e. The molecule has 5 nitrogen and oxygen atoms in total. The number of nitrogens with zero attached hydrogens (tertiary/aromatic N) is 1. The number of ether oxygens (including phenoxy) is 1. The van der Waals surface area contributed by atoms with Crippen molar-refractivity contribution in [1.82, 2.24) is 10.6 Å². The Bertz CT molecular complexity index is 1040. The Balaban J connectivity index is 1.17. The van der Waals surface area contributed by atoms with Crippen LogP contribution in [0, 0.1) is 0 Å². The summed E-state index contributed by atoms with van der Waals surface area (Å²) in [6.45, 7) is 5.01. The van der Waals surface area contributed by atoms with Crippen LogP contribution in [0.1, 0.15) is 36.5 Å². The van der Waals surface area contributed by atoms with E-state index in [2.05, 4.69) is 63.5 Å². The highest BCUT2D eigenvalue weighted by molar-refractivity contribution is 7.07. The summed E-state index contributed by atoms with van der Waals surface area (Å²) in [5.74, 6) is 0.918. The quantitative estimate of drug-likeness (QED) is 0.403. The van der Waals surface area contributed by atoms with Crippen LogP contribution in [0.15, 0.2) is 65.4 Å². The van der Waals surface area contributed by atoms with Gasteiger partial charge in [-0.2, -0.15) is 11.3 Å². The molecule has 0 aliphatic carbocycles. The first-order valence-electron chi connectivity index (χ1n) is 12.6. The number of carbonyl (C=O) groups excluding carboxylic acids is 1. The van der Waals surface area contributed by atoms with Crippen LogP contribution in [0.25, 0.3) is 0 Å². The predicted molar refractivity (Wildman–Crippen MR) is 146 cm³/mol. The highest BCUT2D eigenvalue weighted by Gasteiger charge is 2.21. The number of carbonyl (C=O) groups is 1. The van der Waals surface area contributed by atoms with Gasteiger partial charge in [0.05, 0.1) is 13.5 Å². The van der Waals surface area contributed by atoms with Crippen molar-refractivity contribution >= 4 is 22.9 Å². The minimum absolute atomic E-state index is 0.0520. The zero-order valence-corrected chi connectivity index (χ0v) is 21.7. The van der Waals surface area contributed by atoms with Gasteiger partial charge in [0.25, 0.3) is 0 Å². The number of thiophene rings is 1. The Morgan fingerprint density at radius 1 is 1.09 bits per heavy atom. The van der Waals surface area contributed by atoms with Crippen LogP contribution < -0.4 is 20.3 Å². The number of para-hydroxylation sites is 1. The molecule has 0 radical (unpaired) electrons. The average molecular weight is 492 g/mol. The van der Waals surface area contributed by atoms with Gasteiger partial charge in [-0.3, -0.25) is 4.79 Å². The number of benzene rings is 2. The van der Waals surface area contributed by atoms with Crippen molar-refractivity contribution in [3.05, 3.63) is 82.0 Å². The Labute approximate surface area is 213 Å². The van der Waals surface area contributed by atoms with Crippen molar-refractivity contribution < 1.29 is 9.53 Å². The van der Waals surface area contributed by atoms with E-state index in [1.165, 1.54) is 11.3 Å². The zero-order valence-electron chi connectivity index (χ0n) is 20.8. The molecule has 0 bridgehead atoms. The molecular formula is C29H37N3O2S. The number of methoxy groups -OCH3 is 1. The molecule has 1 aliphatic heterocycles. The summed E-state index contributed by atoms with van der Waals surface area (Å²) >= 11 is 1.77. The van der Waals surface area contributed by atoms with Crippen LogP contribution in [0.2, 0.25) is 0 Å². The SMILES string of the molecule is COc1ccccc1CCNC(=O)Cc1ccc(N2CCC(NC(C)Cc3ccsc3)CC2)cc1. The highest BCUT2D eigenvalue weighted by Crippen LogP contribution is 2.22. The molecule has 2 aromatic carbocycles. The molecule has 2 N–H and O–H groups in total. The molecule has 2 heterocycles. The molecule has 3 aromatic rings. The number of hydrogen-bond donors (Lipinski definition) is 2. The maximum atomic E-state index is 12.4. The monoisotopic (exact) mass is 491 g/mol. The molecule has 1 amide bonds. The average Bonchev–Trinajstić information content (AvgIpc) is 3.38. The van der Waals surface area contributed by atoms with Crippen molar-refractivity contribution in [3.63, 3.8) is 0 Å². The smallest absolute Gasteiger partial charge is 0.224 e. The van der Waals surface area contributed by atoms with E-state index in [9.17, 15) is 4.79 Å². The van der Waals surface area contributed by atoms with Crippen molar-refractivity contribution in [3.8, 4) is 5.75 Å². The van der Waals surface area contributed by atoms with Gasteiger partial charge in [0, 0.05) is 37.4 Å².